The minimum absolute atomic E-state index is 0.0796. The first-order valence-corrected chi connectivity index (χ1v) is 9.57. The largest absolute Gasteiger partial charge is 0.395 e. The summed E-state index contributed by atoms with van der Waals surface area (Å²) >= 11 is 0. The minimum Gasteiger partial charge on any atom is -0.395 e. The lowest BCUT2D eigenvalue weighted by molar-refractivity contribution is -0.385. The second-order valence-electron chi connectivity index (χ2n) is 7.00. The average Bonchev–Trinajstić information content (AvgIpc) is 2.74. The van der Waals surface area contributed by atoms with Crippen LogP contribution in [-0.2, 0) is 0 Å². The van der Waals surface area contributed by atoms with Crippen molar-refractivity contribution in [1.82, 2.24) is 9.47 Å². The molecule has 0 bridgehead atoms. The molecular formula is C21H22N4O4. The van der Waals surface area contributed by atoms with Crippen molar-refractivity contribution in [3.8, 4) is 5.69 Å². The third kappa shape index (κ3) is 3.48. The van der Waals surface area contributed by atoms with Crippen LogP contribution in [-0.4, -0.2) is 58.8 Å². The number of nitrogens with zero attached hydrogens (tertiary/aromatic N) is 4. The van der Waals surface area contributed by atoms with Gasteiger partial charge in [-0.25, -0.2) is 0 Å². The van der Waals surface area contributed by atoms with Crippen molar-refractivity contribution < 1.29 is 10.0 Å². The van der Waals surface area contributed by atoms with Crippen molar-refractivity contribution in [2.75, 3.05) is 44.2 Å². The lowest BCUT2D eigenvalue weighted by Crippen LogP contribution is -2.47. The van der Waals surface area contributed by atoms with Crippen molar-refractivity contribution in [2.45, 2.75) is 0 Å². The first kappa shape index (κ1) is 19.1. The number of piperazine rings is 1. The number of fused-ring (bicyclic) bond motifs is 1. The summed E-state index contributed by atoms with van der Waals surface area (Å²) < 4.78 is 1.42. The topological polar surface area (TPSA) is 91.8 Å². The highest BCUT2D eigenvalue weighted by Crippen LogP contribution is 2.35. The van der Waals surface area contributed by atoms with Crippen molar-refractivity contribution in [2.24, 2.45) is 0 Å². The molecule has 2 heterocycles. The zero-order valence-corrected chi connectivity index (χ0v) is 15.9. The molecule has 3 aromatic rings. The van der Waals surface area contributed by atoms with E-state index in [9.17, 15) is 14.9 Å². The molecule has 0 spiro atoms. The summed E-state index contributed by atoms with van der Waals surface area (Å²) in [6.45, 7) is 3.11. The summed E-state index contributed by atoms with van der Waals surface area (Å²) in [7, 11) is 0. The molecule has 1 aromatic heterocycles. The zero-order chi connectivity index (χ0) is 20.4. The number of hydrogen-bond donors (Lipinski definition) is 1. The van der Waals surface area contributed by atoms with Gasteiger partial charge in [0, 0.05) is 43.8 Å². The minimum atomic E-state index is -0.632. The fourth-order valence-corrected chi connectivity index (χ4v) is 3.97. The molecule has 1 N–H and O–H groups in total. The number of para-hydroxylation sites is 2. The quantitative estimate of drug-likeness (QED) is 0.526. The van der Waals surface area contributed by atoms with Crippen LogP contribution in [0, 0.1) is 10.1 Å². The van der Waals surface area contributed by atoms with E-state index in [-0.39, 0.29) is 6.61 Å². The Morgan fingerprint density at radius 2 is 1.62 bits per heavy atom. The van der Waals surface area contributed by atoms with Gasteiger partial charge in [-0.05, 0) is 18.2 Å². The highest BCUT2D eigenvalue weighted by molar-refractivity contribution is 5.97. The van der Waals surface area contributed by atoms with Gasteiger partial charge in [0.2, 0.25) is 0 Å². The smallest absolute Gasteiger partial charge is 0.358 e. The Morgan fingerprint density at radius 3 is 2.28 bits per heavy atom. The second-order valence-corrected chi connectivity index (χ2v) is 7.00. The molecule has 0 radical (unpaired) electrons. The Hall–Kier alpha value is -3.23. The first-order valence-electron chi connectivity index (χ1n) is 9.57. The van der Waals surface area contributed by atoms with Crippen molar-refractivity contribution in [1.29, 1.82) is 0 Å². The molecule has 0 aliphatic carbocycles. The van der Waals surface area contributed by atoms with E-state index in [4.69, 9.17) is 5.11 Å². The third-order valence-electron chi connectivity index (χ3n) is 5.33. The lowest BCUT2D eigenvalue weighted by Gasteiger charge is -2.36. The number of aliphatic hydroxyl groups is 1. The number of rotatable bonds is 5. The van der Waals surface area contributed by atoms with Crippen LogP contribution in [0.1, 0.15) is 0 Å². The molecule has 8 nitrogen and oxygen atoms in total. The van der Waals surface area contributed by atoms with Crippen LogP contribution in [0.15, 0.2) is 59.4 Å². The van der Waals surface area contributed by atoms with Gasteiger partial charge in [0.15, 0.2) is 0 Å². The SMILES string of the molecule is O=c1c([N+](=O)[O-])c(N2CCN(CCO)CC2)c2ccccc2n1-c1ccccc1. The average molecular weight is 394 g/mol. The number of benzene rings is 2. The van der Waals surface area contributed by atoms with Crippen LogP contribution in [0.3, 0.4) is 0 Å². The van der Waals surface area contributed by atoms with Gasteiger partial charge in [-0.3, -0.25) is 24.4 Å². The number of pyridine rings is 1. The predicted molar refractivity (Wildman–Crippen MR) is 112 cm³/mol. The van der Waals surface area contributed by atoms with Gasteiger partial charge in [-0.15, -0.1) is 0 Å². The summed E-state index contributed by atoms with van der Waals surface area (Å²) in [6, 6.07) is 16.3. The molecule has 8 heteroatoms. The monoisotopic (exact) mass is 394 g/mol. The number of β-amino-alcohol motifs (C(OH)–C–C–N with tert-alkyl or cyclic N) is 1. The lowest BCUT2D eigenvalue weighted by atomic mass is 10.1. The summed E-state index contributed by atoms with van der Waals surface area (Å²) in [5.74, 6) is 0. The summed E-state index contributed by atoms with van der Waals surface area (Å²) in [6.07, 6.45) is 0. The van der Waals surface area contributed by atoms with Gasteiger partial charge >= 0.3 is 11.2 Å². The summed E-state index contributed by atoms with van der Waals surface area (Å²) in [5, 5.41) is 21.8. The van der Waals surface area contributed by atoms with E-state index < -0.39 is 16.2 Å². The Bertz CT molecular complexity index is 1090. The molecule has 0 atom stereocenters. The molecule has 29 heavy (non-hydrogen) atoms. The van der Waals surface area contributed by atoms with E-state index >= 15 is 0 Å². The van der Waals surface area contributed by atoms with Crippen LogP contribution < -0.4 is 10.5 Å². The fraction of sp³-hybridized carbons (Fsp3) is 0.286. The van der Waals surface area contributed by atoms with Gasteiger partial charge in [0.05, 0.1) is 17.0 Å². The second kappa shape index (κ2) is 8.02. The maximum absolute atomic E-state index is 13.3. The predicted octanol–water partition coefficient (Wildman–Crippen LogP) is 2.01. The van der Waals surface area contributed by atoms with E-state index in [1.54, 1.807) is 24.3 Å². The van der Waals surface area contributed by atoms with Crippen LogP contribution in [0.2, 0.25) is 0 Å². The third-order valence-corrected chi connectivity index (χ3v) is 5.33. The van der Waals surface area contributed by atoms with Crippen LogP contribution in [0.25, 0.3) is 16.6 Å². The molecule has 1 saturated heterocycles. The Labute approximate surface area is 167 Å². The highest BCUT2D eigenvalue weighted by Gasteiger charge is 2.31. The normalized spacial score (nSPS) is 15.0. The summed E-state index contributed by atoms with van der Waals surface area (Å²) in [4.78, 5) is 28.8. The van der Waals surface area contributed by atoms with Crippen molar-refractivity contribution >= 4 is 22.3 Å². The molecule has 2 aromatic carbocycles. The number of hydrogen-bond acceptors (Lipinski definition) is 6. The van der Waals surface area contributed by atoms with Gasteiger partial charge in [0.1, 0.15) is 5.69 Å². The maximum atomic E-state index is 13.3. The van der Waals surface area contributed by atoms with Crippen molar-refractivity contribution in [3.63, 3.8) is 0 Å². The molecular weight excluding hydrogens is 372 g/mol. The molecule has 1 aliphatic heterocycles. The maximum Gasteiger partial charge on any atom is 0.358 e. The Balaban J connectivity index is 1.93. The van der Waals surface area contributed by atoms with E-state index in [1.807, 2.05) is 35.2 Å². The van der Waals surface area contributed by atoms with Gasteiger partial charge in [-0.1, -0.05) is 36.4 Å². The van der Waals surface area contributed by atoms with Gasteiger partial charge in [-0.2, -0.15) is 0 Å². The molecule has 0 unspecified atom stereocenters. The van der Waals surface area contributed by atoms with E-state index in [0.717, 1.165) is 0 Å². The summed E-state index contributed by atoms with van der Waals surface area (Å²) in [5.41, 5.74) is 0.584. The highest BCUT2D eigenvalue weighted by atomic mass is 16.6. The Morgan fingerprint density at radius 1 is 0.966 bits per heavy atom. The van der Waals surface area contributed by atoms with E-state index in [1.165, 1.54) is 4.57 Å². The first-order chi connectivity index (χ1) is 14.1. The molecule has 0 saturated carbocycles. The molecule has 4 rings (SSSR count). The van der Waals surface area contributed by atoms with E-state index in [2.05, 4.69) is 4.90 Å². The zero-order valence-electron chi connectivity index (χ0n) is 15.9. The molecule has 150 valence electrons. The van der Waals surface area contributed by atoms with Gasteiger partial charge in [0.25, 0.3) is 0 Å². The standard InChI is InChI=1S/C21H22N4O4/c26-15-14-22-10-12-23(13-11-22)19-17-8-4-5-9-18(17)24(16-6-2-1-3-7-16)21(27)20(19)25(28)29/h1-9,26H,10-15H2. The number of aliphatic hydroxyl groups excluding tert-OH is 1. The number of aromatic nitrogens is 1. The van der Waals surface area contributed by atoms with Crippen LogP contribution in [0.4, 0.5) is 11.4 Å². The van der Waals surface area contributed by atoms with E-state index in [0.29, 0.717) is 55.0 Å². The molecule has 0 amide bonds. The van der Waals surface area contributed by atoms with Gasteiger partial charge < -0.3 is 10.0 Å². The van der Waals surface area contributed by atoms with Crippen LogP contribution in [0.5, 0.6) is 0 Å². The van der Waals surface area contributed by atoms with Crippen LogP contribution >= 0.6 is 0 Å². The number of nitro groups is 1. The van der Waals surface area contributed by atoms with Crippen molar-refractivity contribution in [3.05, 3.63) is 75.1 Å². The fourth-order valence-electron chi connectivity index (χ4n) is 3.97. The Kier molecular flexibility index (Phi) is 5.28. The molecule has 1 fully saturated rings. The number of anilines is 1. The molecule has 1 aliphatic rings.